The molecule has 0 aliphatic carbocycles. The van der Waals surface area contributed by atoms with Crippen LogP contribution in [-0.2, 0) is 6.42 Å². The Bertz CT molecular complexity index is 374. The molecular weight excluding hydrogens is 242 g/mol. The number of hydrogen-bond donors (Lipinski definition) is 1. The summed E-state index contributed by atoms with van der Waals surface area (Å²) in [5, 5.41) is 3.07. The van der Waals surface area contributed by atoms with E-state index in [1.165, 1.54) is 4.88 Å². The second-order valence-corrected chi connectivity index (χ2v) is 6.65. The minimum atomic E-state index is 0.0750. The first-order valence-corrected chi connectivity index (χ1v) is 7.64. The number of thiophene rings is 1. The summed E-state index contributed by atoms with van der Waals surface area (Å²) < 4.78 is 0. The maximum atomic E-state index is 12.0. The molecule has 2 nitrogen and oxygen atoms in total. The molecule has 3 heteroatoms. The van der Waals surface area contributed by atoms with E-state index in [9.17, 15) is 4.79 Å². The number of carbonyl (C=O) groups excluding carboxylic acids is 1. The third kappa shape index (κ3) is 4.13. The lowest BCUT2D eigenvalue weighted by atomic mass is 9.85. The molecule has 1 aromatic rings. The van der Waals surface area contributed by atoms with Crippen LogP contribution in [0.25, 0.3) is 0 Å². The summed E-state index contributed by atoms with van der Waals surface area (Å²) in [5.74, 6) is 1.81. The molecule has 1 heterocycles. The second kappa shape index (κ2) is 6.93. The van der Waals surface area contributed by atoms with E-state index in [1.54, 1.807) is 11.3 Å². The van der Waals surface area contributed by atoms with E-state index < -0.39 is 0 Å². The zero-order valence-electron chi connectivity index (χ0n) is 12.1. The van der Waals surface area contributed by atoms with Crippen LogP contribution in [0.5, 0.6) is 0 Å². The minimum Gasteiger partial charge on any atom is -0.351 e. The largest absolute Gasteiger partial charge is 0.351 e. The van der Waals surface area contributed by atoms with Crippen LogP contribution < -0.4 is 5.32 Å². The summed E-state index contributed by atoms with van der Waals surface area (Å²) in [6, 6.07) is 3.97. The van der Waals surface area contributed by atoms with Gasteiger partial charge in [0.25, 0.3) is 5.91 Å². The molecule has 0 saturated heterocycles. The average molecular weight is 267 g/mol. The van der Waals surface area contributed by atoms with Gasteiger partial charge in [-0.1, -0.05) is 34.6 Å². The van der Waals surface area contributed by atoms with Gasteiger partial charge < -0.3 is 5.32 Å². The molecular formula is C15H25NOS. The summed E-state index contributed by atoms with van der Waals surface area (Å²) in [6.45, 7) is 11.8. The predicted molar refractivity (Wildman–Crippen MR) is 79.2 cm³/mol. The Kier molecular flexibility index (Phi) is 5.86. The average Bonchev–Trinajstić information content (AvgIpc) is 2.76. The fraction of sp³-hybridized carbons (Fsp3) is 0.667. The van der Waals surface area contributed by atoms with Crippen LogP contribution in [-0.4, -0.2) is 12.5 Å². The Labute approximate surface area is 115 Å². The smallest absolute Gasteiger partial charge is 0.261 e. The third-order valence-electron chi connectivity index (χ3n) is 3.44. The summed E-state index contributed by atoms with van der Waals surface area (Å²) in [6.07, 6.45) is 0.999. The van der Waals surface area contributed by atoms with Gasteiger partial charge in [-0.15, -0.1) is 11.3 Å². The SMILES string of the molecule is CCc1ccc(C(=O)NCC(C(C)C)C(C)C)s1. The van der Waals surface area contributed by atoms with E-state index >= 15 is 0 Å². The molecule has 18 heavy (non-hydrogen) atoms. The van der Waals surface area contributed by atoms with Crippen molar-refractivity contribution in [3.8, 4) is 0 Å². The maximum Gasteiger partial charge on any atom is 0.261 e. The summed E-state index contributed by atoms with van der Waals surface area (Å²) >= 11 is 1.60. The lowest BCUT2D eigenvalue weighted by Gasteiger charge is -2.24. The van der Waals surface area contributed by atoms with Crippen molar-refractivity contribution < 1.29 is 4.79 Å². The topological polar surface area (TPSA) is 29.1 Å². The van der Waals surface area contributed by atoms with Crippen molar-refractivity contribution in [3.05, 3.63) is 21.9 Å². The molecule has 0 unspecified atom stereocenters. The normalized spacial score (nSPS) is 11.6. The third-order valence-corrected chi connectivity index (χ3v) is 4.67. The van der Waals surface area contributed by atoms with Crippen molar-refractivity contribution in [1.82, 2.24) is 5.32 Å². The Hall–Kier alpha value is -0.830. The molecule has 0 bridgehead atoms. The number of aryl methyl sites for hydroxylation is 1. The van der Waals surface area contributed by atoms with Gasteiger partial charge in [-0.05, 0) is 36.3 Å². The van der Waals surface area contributed by atoms with Gasteiger partial charge in [0.1, 0.15) is 0 Å². The van der Waals surface area contributed by atoms with Gasteiger partial charge in [-0.3, -0.25) is 4.79 Å². The van der Waals surface area contributed by atoms with E-state index in [-0.39, 0.29) is 5.91 Å². The van der Waals surface area contributed by atoms with Gasteiger partial charge in [0.05, 0.1) is 4.88 Å². The van der Waals surface area contributed by atoms with Crippen molar-refractivity contribution >= 4 is 17.2 Å². The second-order valence-electron chi connectivity index (χ2n) is 5.48. The lowest BCUT2D eigenvalue weighted by Crippen LogP contribution is -2.33. The summed E-state index contributed by atoms with van der Waals surface area (Å²) in [5.41, 5.74) is 0. The number of hydrogen-bond acceptors (Lipinski definition) is 2. The highest BCUT2D eigenvalue weighted by Crippen LogP contribution is 2.20. The van der Waals surface area contributed by atoms with Gasteiger partial charge in [0.2, 0.25) is 0 Å². The van der Waals surface area contributed by atoms with Crippen LogP contribution in [0.15, 0.2) is 12.1 Å². The van der Waals surface area contributed by atoms with Crippen LogP contribution >= 0.6 is 11.3 Å². The van der Waals surface area contributed by atoms with Crippen molar-refractivity contribution in [2.45, 2.75) is 41.0 Å². The molecule has 0 radical (unpaired) electrons. The highest BCUT2D eigenvalue weighted by Gasteiger charge is 2.19. The zero-order valence-corrected chi connectivity index (χ0v) is 12.9. The highest BCUT2D eigenvalue weighted by molar-refractivity contribution is 7.14. The van der Waals surface area contributed by atoms with Crippen molar-refractivity contribution in [2.24, 2.45) is 17.8 Å². The lowest BCUT2D eigenvalue weighted by molar-refractivity contribution is 0.0941. The highest BCUT2D eigenvalue weighted by atomic mass is 32.1. The zero-order chi connectivity index (χ0) is 13.7. The molecule has 0 aromatic carbocycles. The number of nitrogens with one attached hydrogen (secondary N) is 1. The van der Waals surface area contributed by atoms with Crippen molar-refractivity contribution in [2.75, 3.05) is 6.54 Å². The molecule has 1 rings (SSSR count). The van der Waals surface area contributed by atoms with E-state index in [0.717, 1.165) is 17.8 Å². The number of amides is 1. The van der Waals surface area contributed by atoms with Gasteiger partial charge in [0, 0.05) is 11.4 Å². The van der Waals surface area contributed by atoms with E-state index in [0.29, 0.717) is 17.8 Å². The van der Waals surface area contributed by atoms with E-state index in [2.05, 4.69) is 39.9 Å². The fourth-order valence-electron chi connectivity index (χ4n) is 2.23. The Morgan fingerprint density at radius 2 is 1.83 bits per heavy atom. The molecule has 102 valence electrons. The van der Waals surface area contributed by atoms with Crippen LogP contribution in [0, 0.1) is 17.8 Å². The number of carbonyl (C=O) groups is 1. The molecule has 0 saturated carbocycles. The quantitative estimate of drug-likeness (QED) is 0.830. The Morgan fingerprint density at radius 3 is 2.28 bits per heavy atom. The van der Waals surface area contributed by atoms with E-state index in [1.807, 2.05) is 12.1 Å². The molecule has 0 spiro atoms. The van der Waals surface area contributed by atoms with Gasteiger partial charge in [-0.2, -0.15) is 0 Å². The summed E-state index contributed by atoms with van der Waals surface area (Å²) in [4.78, 5) is 14.1. The first kappa shape index (κ1) is 15.2. The van der Waals surface area contributed by atoms with Crippen LogP contribution in [0.2, 0.25) is 0 Å². The number of rotatable bonds is 6. The van der Waals surface area contributed by atoms with Crippen molar-refractivity contribution in [1.29, 1.82) is 0 Å². The predicted octanol–water partition coefficient (Wildman–Crippen LogP) is 3.97. The molecule has 1 N–H and O–H groups in total. The molecule has 0 aliphatic rings. The Balaban J connectivity index is 2.54. The minimum absolute atomic E-state index is 0.0750. The van der Waals surface area contributed by atoms with Crippen molar-refractivity contribution in [3.63, 3.8) is 0 Å². The van der Waals surface area contributed by atoms with E-state index in [4.69, 9.17) is 0 Å². The standard InChI is InChI=1S/C15H25NOS/c1-6-12-7-8-14(18-12)15(17)16-9-13(10(2)3)11(4)5/h7-8,10-11,13H,6,9H2,1-5H3,(H,16,17). The molecule has 0 atom stereocenters. The molecule has 1 amide bonds. The first-order valence-electron chi connectivity index (χ1n) is 6.82. The molecule has 0 fully saturated rings. The molecule has 0 aliphatic heterocycles. The summed E-state index contributed by atoms with van der Waals surface area (Å²) in [7, 11) is 0. The van der Waals surface area contributed by atoms with Gasteiger partial charge in [-0.25, -0.2) is 0 Å². The van der Waals surface area contributed by atoms with Crippen LogP contribution in [0.4, 0.5) is 0 Å². The van der Waals surface area contributed by atoms with Gasteiger partial charge in [0.15, 0.2) is 0 Å². The first-order chi connectivity index (χ1) is 8.45. The van der Waals surface area contributed by atoms with Crippen LogP contribution in [0.1, 0.15) is 49.2 Å². The van der Waals surface area contributed by atoms with Crippen LogP contribution in [0.3, 0.4) is 0 Å². The Morgan fingerprint density at radius 1 is 1.22 bits per heavy atom. The monoisotopic (exact) mass is 267 g/mol. The fourth-order valence-corrected chi connectivity index (χ4v) is 3.09. The molecule has 1 aromatic heterocycles. The van der Waals surface area contributed by atoms with Gasteiger partial charge >= 0.3 is 0 Å². The maximum absolute atomic E-state index is 12.0.